The summed E-state index contributed by atoms with van der Waals surface area (Å²) < 4.78 is 5.73. The van der Waals surface area contributed by atoms with Crippen molar-refractivity contribution in [1.29, 1.82) is 0 Å². The van der Waals surface area contributed by atoms with Crippen LogP contribution in [0.5, 0.6) is 5.75 Å². The molecule has 1 aromatic carbocycles. The van der Waals surface area contributed by atoms with Crippen LogP contribution in [0.1, 0.15) is 5.56 Å². The lowest BCUT2D eigenvalue weighted by Gasteiger charge is -2.36. The number of rotatable bonds is 6. The Morgan fingerprint density at radius 1 is 1.08 bits per heavy atom. The van der Waals surface area contributed by atoms with E-state index in [1.165, 1.54) is 0 Å². The van der Waals surface area contributed by atoms with E-state index in [0.29, 0.717) is 13.2 Å². The Balaban J connectivity index is 1.42. The van der Waals surface area contributed by atoms with Gasteiger partial charge in [0.1, 0.15) is 24.3 Å². The van der Waals surface area contributed by atoms with E-state index in [-0.39, 0.29) is 0 Å². The molecule has 3 rings (SSSR count). The maximum atomic E-state index is 10.2. The van der Waals surface area contributed by atoms with Gasteiger partial charge in [0.05, 0.1) is 0 Å². The summed E-state index contributed by atoms with van der Waals surface area (Å²) in [5, 5.41) is 10.2. The first kappa shape index (κ1) is 16.7. The van der Waals surface area contributed by atoms with E-state index in [1.807, 2.05) is 55.6 Å². The van der Waals surface area contributed by atoms with Gasteiger partial charge in [0, 0.05) is 38.9 Å². The monoisotopic (exact) mass is 327 g/mol. The molecular formula is C19H25N3O2. The number of β-amino-alcohol motifs (C(OH)–C–C–N with tert-alkyl or cyclic N) is 1. The second kappa shape index (κ2) is 8.13. The van der Waals surface area contributed by atoms with Gasteiger partial charge in [0.15, 0.2) is 0 Å². The van der Waals surface area contributed by atoms with Crippen molar-refractivity contribution < 1.29 is 9.84 Å². The van der Waals surface area contributed by atoms with Gasteiger partial charge in [-0.1, -0.05) is 24.3 Å². The van der Waals surface area contributed by atoms with E-state index in [1.54, 1.807) is 0 Å². The van der Waals surface area contributed by atoms with Crippen LogP contribution in [0, 0.1) is 6.92 Å². The van der Waals surface area contributed by atoms with Crippen LogP contribution >= 0.6 is 0 Å². The molecule has 0 unspecified atom stereocenters. The number of hydrogen-bond donors (Lipinski definition) is 1. The van der Waals surface area contributed by atoms with Crippen molar-refractivity contribution in [3.05, 3.63) is 54.2 Å². The van der Waals surface area contributed by atoms with Crippen LogP contribution in [0.4, 0.5) is 5.82 Å². The molecule has 5 nitrogen and oxygen atoms in total. The van der Waals surface area contributed by atoms with Gasteiger partial charge in [-0.15, -0.1) is 0 Å². The number of aliphatic hydroxyl groups excluding tert-OH is 1. The standard InChI is InChI=1S/C19H25N3O2/c1-16-6-2-3-7-18(16)24-15-17(23)14-21-10-12-22(13-11-21)19-8-4-5-9-20-19/h2-9,17,23H,10-15H2,1H3/t17-/m1/s1. The summed E-state index contributed by atoms with van der Waals surface area (Å²) in [6, 6.07) is 13.9. The summed E-state index contributed by atoms with van der Waals surface area (Å²) in [5.41, 5.74) is 1.09. The number of anilines is 1. The first-order valence-electron chi connectivity index (χ1n) is 8.47. The first-order valence-corrected chi connectivity index (χ1v) is 8.47. The Morgan fingerprint density at radius 3 is 2.54 bits per heavy atom. The zero-order valence-electron chi connectivity index (χ0n) is 14.1. The van der Waals surface area contributed by atoms with Gasteiger partial charge in [-0.05, 0) is 30.7 Å². The van der Waals surface area contributed by atoms with Crippen molar-refractivity contribution in [3.63, 3.8) is 0 Å². The lowest BCUT2D eigenvalue weighted by molar-refractivity contribution is 0.0660. The van der Waals surface area contributed by atoms with E-state index in [9.17, 15) is 5.11 Å². The van der Waals surface area contributed by atoms with E-state index < -0.39 is 6.10 Å². The van der Waals surface area contributed by atoms with Gasteiger partial charge in [0.2, 0.25) is 0 Å². The lowest BCUT2D eigenvalue weighted by atomic mass is 10.2. The van der Waals surface area contributed by atoms with E-state index in [4.69, 9.17) is 4.74 Å². The maximum absolute atomic E-state index is 10.2. The van der Waals surface area contributed by atoms with Gasteiger partial charge >= 0.3 is 0 Å². The Morgan fingerprint density at radius 2 is 1.83 bits per heavy atom. The molecule has 5 heteroatoms. The molecule has 0 spiro atoms. The lowest BCUT2D eigenvalue weighted by Crippen LogP contribution is -2.49. The highest BCUT2D eigenvalue weighted by molar-refractivity contribution is 5.38. The third-order valence-corrected chi connectivity index (χ3v) is 4.34. The molecule has 0 bridgehead atoms. The number of piperazine rings is 1. The van der Waals surface area contributed by atoms with Gasteiger partial charge in [-0.25, -0.2) is 4.98 Å². The average Bonchev–Trinajstić information content (AvgIpc) is 2.62. The summed E-state index contributed by atoms with van der Waals surface area (Å²) in [7, 11) is 0. The third kappa shape index (κ3) is 4.46. The van der Waals surface area contributed by atoms with Gasteiger partial charge < -0.3 is 14.7 Å². The highest BCUT2D eigenvalue weighted by Crippen LogP contribution is 2.17. The number of ether oxygens (including phenoxy) is 1. The van der Waals surface area contributed by atoms with Crippen molar-refractivity contribution in [2.45, 2.75) is 13.0 Å². The van der Waals surface area contributed by atoms with Crippen molar-refractivity contribution in [1.82, 2.24) is 9.88 Å². The number of aryl methyl sites for hydroxylation is 1. The molecule has 1 atom stereocenters. The van der Waals surface area contributed by atoms with Crippen LogP contribution in [0.3, 0.4) is 0 Å². The molecule has 1 aliphatic rings. The number of benzene rings is 1. The van der Waals surface area contributed by atoms with Crippen LogP contribution in [0.2, 0.25) is 0 Å². The molecule has 0 radical (unpaired) electrons. The molecule has 128 valence electrons. The number of pyridine rings is 1. The minimum atomic E-state index is -0.481. The number of aliphatic hydroxyl groups is 1. The fourth-order valence-corrected chi connectivity index (χ4v) is 2.96. The highest BCUT2D eigenvalue weighted by Gasteiger charge is 2.20. The topological polar surface area (TPSA) is 48.8 Å². The molecule has 1 aliphatic heterocycles. The number of aromatic nitrogens is 1. The van der Waals surface area contributed by atoms with Gasteiger partial charge in [-0.2, -0.15) is 0 Å². The maximum Gasteiger partial charge on any atom is 0.128 e. The number of para-hydroxylation sites is 1. The molecule has 1 saturated heterocycles. The van der Waals surface area contributed by atoms with Crippen molar-refractivity contribution in [3.8, 4) is 5.75 Å². The third-order valence-electron chi connectivity index (χ3n) is 4.34. The predicted octanol–water partition coefficient (Wildman–Crippen LogP) is 1.95. The number of hydrogen-bond acceptors (Lipinski definition) is 5. The molecule has 1 aromatic heterocycles. The summed E-state index contributed by atoms with van der Waals surface area (Å²) in [6.07, 6.45) is 1.35. The molecule has 0 amide bonds. The van der Waals surface area contributed by atoms with Gasteiger partial charge in [-0.3, -0.25) is 4.90 Å². The first-order chi connectivity index (χ1) is 11.7. The molecule has 2 aromatic rings. The fourth-order valence-electron chi connectivity index (χ4n) is 2.96. The Kier molecular flexibility index (Phi) is 5.67. The van der Waals surface area contributed by atoms with Crippen LogP contribution in [0.15, 0.2) is 48.7 Å². The Bertz CT molecular complexity index is 628. The molecular weight excluding hydrogens is 302 g/mol. The van der Waals surface area contributed by atoms with Gasteiger partial charge in [0.25, 0.3) is 0 Å². The number of nitrogens with zero attached hydrogens (tertiary/aromatic N) is 3. The molecule has 1 N–H and O–H groups in total. The second-order valence-electron chi connectivity index (χ2n) is 6.21. The zero-order valence-corrected chi connectivity index (χ0v) is 14.1. The second-order valence-corrected chi connectivity index (χ2v) is 6.21. The van der Waals surface area contributed by atoms with E-state index in [0.717, 1.165) is 43.3 Å². The average molecular weight is 327 g/mol. The van der Waals surface area contributed by atoms with Crippen LogP contribution in [0.25, 0.3) is 0 Å². The minimum Gasteiger partial charge on any atom is -0.491 e. The van der Waals surface area contributed by atoms with E-state index in [2.05, 4.69) is 14.8 Å². The summed E-state index contributed by atoms with van der Waals surface area (Å²) >= 11 is 0. The Hall–Kier alpha value is -2.11. The largest absolute Gasteiger partial charge is 0.491 e. The van der Waals surface area contributed by atoms with E-state index >= 15 is 0 Å². The molecule has 0 saturated carbocycles. The summed E-state index contributed by atoms with van der Waals surface area (Å²) in [5.74, 6) is 1.87. The van der Waals surface area contributed by atoms with Crippen molar-refractivity contribution >= 4 is 5.82 Å². The minimum absolute atomic E-state index is 0.325. The van der Waals surface area contributed by atoms with Crippen LogP contribution < -0.4 is 9.64 Å². The highest BCUT2D eigenvalue weighted by atomic mass is 16.5. The Labute approximate surface area is 143 Å². The predicted molar refractivity (Wildman–Crippen MR) is 95.6 cm³/mol. The SMILES string of the molecule is Cc1ccccc1OC[C@H](O)CN1CCN(c2ccccn2)CC1. The quantitative estimate of drug-likeness (QED) is 0.879. The van der Waals surface area contributed by atoms with Crippen molar-refractivity contribution in [2.75, 3.05) is 44.2 Å². The fraction of sp³-hybridized carbons (Fsp3) is 0.421. The van der Waals surface area contributed by atoms with Crippen LogP contribution in [-0.4, -0.2) is 60.4 Å². The smallest absolute Gasteiger partial charge is 0.128 e. The normalized spacial score (nSPS) is 16.8. The molecule has 2 heterocycles. The molecule has 1 fully saturated rings. The molecule has 24 heavy (non-hydrogen) atoms. The van der Waals surface area contributed by atoms with Crippen molar-refractivity contribution in [2.24, 2.45) is 0 Å². The summed E-state index contributed by atoms with van der Waals surface area (Å²) in [4.78, 5) is 8.97. The summed E-state index contributed by atoms with van der Waals surface area (Å²) in [6.45, 7) is 6.70. The van der Waals surface area contributed by atoms with Crippen LogP contribution in [-0.2, 0) is 0 Å². The zero-order chi connectivity index (χ0) is 16.8. The molecule has 0 aliphatic carbocycles.